The van der Waals surface area contributed by atoms with E-state index in [-0.39, 0.29) is 16.8 Å². The largest absolute Gasteiger partial charge is 0.373 e. The van der Waals surface area contributed by atoms with Gasteiger partial charge in [0.25, 0.3) is 10.0 Å². The van der Waals surface area contributed by atoms with Crippen molar-refractivity contribution in [3.63, 3.8) is 0 Å². The lowest BCUT2D eigenvalue weighted by Crippen LogP contribution is -2.15. The van der Waals surface area contributed by atoms with E-state index < -0.39 is 33.2 Å². The fourth-order valence-electron chi connectivity index (χ4n) is 1.52. The number of hydrogen-bond acceptors (Lipinski definition) is 4. The molecule has 2 rings (SSSR count). The van der Waals surface area contributed by atoms with E-state index in [0.29, 0.717) is 6.07 Å². The zero-order chi connectivity index (χ0) is 15.6. The SMILES string of the molecule is CNc1cc(S(=O)(=O)Nc2cc(F)c(F)cc2F)ccn1. The van der Waals surface area contributed by atoms with Gasteiger partial charge in [-0.1, -0.05) is 0 Å². The number of benzene rings is 1. The average Bonchev–Trinajstić information content (AvgIpc) is 2.44. The van der Waals surface area contributed by atoms with E-state index in [4.69, 9.17) is 0 Å². The van der Waals surface area contributed by atoms with E-state index in [2.05, 4.69) is 10.3 Å². The number of rotatable bonds is 4. The Labute approximate surface area is 118 Å². The fourth-order valence-corrected chi connectivity index (χ4v) is 2.59. The third kappa shape index (κ3) is 3.24. The van der Waals surface area contributed by atoms with Gasteiger partial charge in [-0.25, -0.2) is 26.6 Å². The molecular weight excluding hydrogens is 307 g/mol. The molecule has 0 radical (unpaired) electrons. The number of anilines is 2. The van der Waals surface area contributed by atoms with E-state index >= 15 is 0 Å². The van der Waals surface area contributed by atoms with E-state index in [1.165, 1.54) is 18.3 Å². The Kier molecular flexibility index (Phi) is 4.03. The molecule has 0 spiro atoms. The maximum Gasteiger partial charge on any atom is 0.262 e. The van der Waals surface area contributed by atoms with Crippen LogP contribution >= 0.6 is 0 Å². The Morgan fingerprint density at radius 2 is 1.71 bits per heavy atom. The first-order chi connectivity index (χ1) is 9.83. The van der Waals surface area contributed by atoms with Crippen LogP contribution in [0.4, 0.5) is 24.7 Å². The summed E-state index contributed by atoms with van der Waals surface area (Å²) in [5, 5.41) is 2.64. The molecule has 0 saturated carbocycles. The summed E-state index contributed by atoms with van der Waals surface area (Å²) >= 11 is 0. The minimum Gasteiger partial charge on any atom is -0.373 e. The molecular formula is C12H10F3N3O2S. The lowest BCUT2D eigenvalue weighted by Gasteiger charge is -2.10. The molecule has 0 aliphatic heterocycles. The summed E-state index contributed by atoms with van der Waals surface area (Å²) in [7, 11) is -2.61. The molecule has 0 aliphatic carbocycles. The van der Waals surface area contributed by atoms with E-state index in [1.807, 2.05) is 4.72 Å². The van der Waals surface area contributed by atoms with Gasteiger partial charge in [-0.2, -0.15) is 0 Å². The highest BCUT2D eigenvalue weighted by Gasteiger charge is 2.19. The van der Waals surface area contributed by atoms with Crippen molar-refractivity contribution in [2.45, 2.75) is 4.90 Å². The number of aromatic nitrogens is 1. The van der Waals surface area contributed by atoms with Crippen LogP contribution in [0.3, 0.4) is 0 Å². The maximum absolute atomic E-state index is 13.5. The minimum absolute atomic E-state index is 0.203. The first-order valence-corrected chi connectivity index (χ1v) is 7.13. The van der Waals surface area contributed by atoms with Crippen molar-refractivity contribution in [3.05, 3.63) is 47.9 Å². The second-order valence-electron chi connectivity index (χ2n) is 3.98. The second kappa shape index (κ2) is 5.60. The van der Waals surface area contributed by atoms with Crippen molar-refractivity contribution in [2.75, 3.05) is 17.1 Å². The van der Waals surface area contributed by atoms with Gasteiger partial charge in [-0.05, 0) is 6.07 Å². The number of nitrogens with one attached hydrogen (secondary N) is 2. The molecule has 2 N–H and O–H groups in total. The number of sulfonamides is 1. The lowest BCUT2D eigenvalue weighted by atomic mass is 10.3. The van der Waals surface area contributed by atoms with Crippen LogP contribution in [-0.2, 0) is 10.0 Å². The predicted octanol–water partition coefficient (Wildman–Crippen LogP) is 2.34. The Morgan fingerprint density at radius 3 is 2.38 bits per heavy atom. The van der Waals surface area contributed by atoms with Crippen LogP contribution in [0.2, 0.25) is 0 Å². The molecule has 2 aromatic rings. The van der Waals surface area contributed by atoms with Crippen molar-refractivity contribution in [2.24, 2.45) is 0 Å². The fraction of sp³-hybridized carbons (Fsp3) is 0.0833. The molecule has 0 bridgehead atoms. The van der Waals surface area contributed by atoms with Gasteiger partial charge in [-0.15, -0.1) is 0 Å². The van der Waals surface area contributed by atoms with Crippen LogP contribution in [0.5, 0.6) is 0 Å². The highest BCUT2D eigenvalue weighted by molar-refractivity contribution is 7.92. The summed E-state index contributed by atoms with van der Waals surface area (Å²) in [6, 6.07) is 3.09. The van der Waals surface area contributed by atoms with Gasteiger partial charge in [-0.3, -0.25) is 4.72 Å². The molecule has 1 heterocycles. The molecule has 0 aliphatic rings. The summed E-state index contributed by atoms with van der Waals surface area (Å²) < 4.78 is 65.3. The molecule has 0 amide bonds. The number of nitrogens with zero attached hydrogens (tertiary/aromatic N) is 1. The molecule has 1 aromatic heterocycles. The normalized spacial score (nSPS) is 11.2. The van der Waals surface area contributed by atoms with Gasteiger partial charge in [0.15, 0.2) is 11.6 Å². The number of hydrogen-bond donors (Lipinski definition) is 2. The Bertz CT molecular complexity index is 781. The molecule has 1 aromatic carbocycles. The Hall–Kier alpha value is -2.29. The zero-order valence-electron chi connectivity index (χ0n) is 10.7. The first kappa shape index (κ1) is 15.1. The quantitative estimate of drug-likeness (QED) is 0.849. The van der Waals surface area contributed by atoms with Crippen molar-refractivity contribution in [1.82, 2.24) is 4.98 Å². The molecule has 0 saturated heterocycles. The van der Waals surface area contributed by atoms with Crippen LogP contribution < -0.4 is 10.0 Å². The van der Waals surface area contributed by atoms with Crippen molar-refractivity contribution < 1.29 is 21.6 Å². The van der Waals surface area contributed by atoms with Crippen molar-refractivity contribution in [3.8, 4) is 0 Å². The zero-order valence-corrected chi connectivity index (χ0v) is 11.5. The van der Waals surface area contributed by atoms with Crippen LogP contribution in [0.15, 0.2) is 35.4 Å². The van der Waals surface area contributed by atoms with Gasteiger partial charge in [0, 0.05) is 31.4 Å². The monoisotopic (exact) mass is 317 g/mol. The molecule has 21 heavy (non-hydrogen) atoms. The van der Waals surface area contributed by atoms with Gasteiger partial charge < -0.3 is 5.32 Å². The maximum atomic E-state index is 13.5. The van der Waals surface area contributed by atoms with E-state index in [0.717, 1.165) is 0 Å². The van der Waals surface area contributed by atoms with Gasteiger partial charge in [0.05, 0.1) is 10.6 Å². The number of halogens is 3. The molecule has 0 atom stereocenters. The third-order valence-corrected chi connectivity index (χ3v) is 3.92. The third-order valence-electron chi connectivity index (χ3n) is 2.55. The van der Waals surface area contributed by atoms with Crippen LogP contribution in [0.25, 0.3) is 0 Å². The minimum atomic E-state index is -4.16. The molecule has 112 valence electrons. The van der Waals surface area contributed by atoms with Crippen LogP contribution in [0.1, 0.15) is 0 Å². The van der Waals surface area contributed by atoms with Gasteiger partial charge in [0.2, 0.25) is 0 Å². The van der Waals surface area contributed by atoms with E-state index in [1.54, 1.807) is 7.05 Å². The smallest absolute Gasteiger partial charge is 0.262 e. The summed E-state index contributed by atoms with van der Waals surface area (Å²) in [6.45, 7) is 0. The van der Waals surface area contributed by atoms with Gasteiger partial charge >= 0.3 is 0 Å². The summed E-state index contributed by atoms with van der Waals surface area (Å²) in [5.74, 6) is -3.71. The summed E-state index contributed by atoms with van der Waals surface area (Å²) in [5.41, 5.74) is -0.684. The molecule has 0 fully saturated rings. The van der Waals surface area contributed by atoms with Crippen LogP contribution in [-0.4, -0.2) is 20.4 Å². The molecule has 0 unspecified atom stereocenters. The number of pyridine rings is 1. The van der Waals surface area contributed by atoms with Crippen LogP contribution in [0, 0.1) is 17.5 Å². The average molecular weight is 317 g/mol. The summed E-state index contributed by atoms with van der Waals surface area (Å²) in [6.07, 6.45) is 1.24. The predicted molar refractivity (Wildman–Crippen MR) is 70.9 cm³/mol. The van der Waals surface area contributed by atoms with Gasteiger partial charge in [0.1, 0.15) is 11.6 Å². The Morgan fingerprint density at radius 1 is 1.05 bits per heavy atom. The Balaban J connectivity index is 2.39. The van der Waals surface area contributed by atoms with E-state index in [9.17, 15) is 21.6 Å². The molecule has 5 nitrogen and oxygen atoms in total. The second-order valence-corrected chi connectivity index (χ2v) is 5.66. The van der Waals surface area contributed by atoms with Crippen molar-refractivity contribution in [1.29, 1.82) is 0 Å². The highest BCUT2D eigenvalue weighted by atomic mass is 32.2. The standard InChI is InChI=1S/C12H10F3N3O2S/c1-16-12-4-7(2-3-17-12)21(19,20)18-11-6-9(14)8(13)5-10(11)15/h2-6,18H,1H3,(H,16,17). The topological polar surface area (TPSA) is 71.1 Å². The lowest BCUT2D eigenvalue weighted by molar-refractivity contribution is 0.496. The van der Waals surface area contributed by atoms with Crippen molar-refractivity contribution >= 4 is 21.5 Å². The molecule has 9 heteroatoms. The highest BCUT2D eigenvalue weighted by Crippen LogP contribution is 2.22. The first-order valence-electron chi connectivity index (χ1n) is 5.64. The summed E-state index contributed by atoms with van der Waals surface area (Å²) in [4.78, 5) is 3.63.